The molecule has 0 atom stereocenters. The maximum Gasteiger partial charge on any atom is 0.0777 e. The van der Waals surface area contributed by atoms with Gasteiger partial charge in [-0.05, 0) is 38.5 Å². The fourth-order valence-corrected chi connectivity index (χ4v) is 2.62. The molecule has 0 spiro atoms. The smallest absolute Gasteiger partial charge is 0.0777 e. The Morgan fingerprint density at radius 2 is 0.900 bits per heavy atom. The van der Waals surface area contributed by atoms with Crippen molar-refractivity contribution in [1.82, 2.24) is 0 Å². The third-order valence-corrected chi connectivity index (χ3v) is 3.55. The van der Waals surface area contributed by atoms with Crippen LogP contribution in [0.4, 0.5) is 0 Å². The maximum absolute atomic E-state index is 8.60. The summed E-state index contributed by atoms with van der Waals surface area (Å²) in [5.74, 6) is 0. The van der Waals surface area contributed by atoms with Crippen molar-refractivity contribution >= 4 is 0 Å². The predicted molar refractivity (Wildman–Crippen MR) is 62.3 cm³/mol. The second-order valence-corrected chi connectivity index (χ2v) is 5.84. The Morgan fingerprint density at radius 1 is 0.700 bits per heavy atom. The number of rotatable bonds is 0. The van der Waals surface area contributed by atoms with E-state index in [9.17, 15) is 0 Å². The van der Waals surface area contributed by atoms with E-state index in [4.69, 9.17) is 18.6 Å². The first-order valence-electron chi connectivity index (χ1n) is 6.28. The molecule has 1 N–H and O–H groups in total. The minimum absolute atomic E-state index is 0. The van der Waals surface area contributed by atoms with Gasteiger partial charge in [-0.3, -0.25) is 0 Å². The zero-order chi connectivity index (χ0) is 13.9. The van der Waals surface area contributed by atoms with Crippen LogP contribution in [0.3, 0.4) is 0 Å². The Morgan fingerprint density at radius 3 is 0.950 bits per heavy atom. The van der Waals surface area contributed by atoms with Crippen LogP contribution in [-0.2, 0) is 19.5 Å². The van der Waals surface area contributed by atoms with Crippen LogP contribution in [0, 0.1) is 10.2 Å². The van der Waals surface area contributed by atoms with Gasteiger partial charge in [-0.2, -0.15) is 14.0 Å². The van der Waals surface area contributed by atoms with Crippen LogP contribution in [0.5, 0.6) is 0 Å². The fraction of sp³-hybridized carbons (Fsp3) is 0.429. The summed E-state index contributed by atoms with van der Waals surface area (Å²) in [7, 11) is -4.69. The first-order chi connectivity index (χ1) is 8.90. The van der Waals surface area contributed by atoms with Crippen LogP contribution < -0.4 is 14.0 Å². The van der Waals surface area contributed by atoms with Gasteiger partial charge in [0.05, 0.1) is 14.9 Å². The predicted octanol–water partition coefficient (Wildman–Crippen LogP) is -0.0531. The molecule has 0 amide bonds. The summed E-state index contributed by atoms with van der Waals surface area (Å²) in [5.41, 5.74) is 6.59. The summed E-state index contributed by atoms with van der Waals surface area (Å²) in [4.78, 5) is 0. The van der Waals surface area contributed by atoms with Crippen LogP contribution in [0.1, 0.15) is 38.5 Å². The molecule has 4 bridgehead atoms. The number of allylic oxidation sites excluding steroid dienone is 8. The Balaban J connectivity index is 0.000000150. The minimum Gasteiger partial charge on any atom is -0.183 e. The molecule has 6 heteroatoms. The maximum atomic E-state index is 8.60. The number of hydrogen-bond donors (Lipinski definition) is 1. The molecule has 0 aliphatic heterocycles. The molecule has 4 aliphatic rings. The Hall–Kier alpha value is -0.287. The second-order valence-electron chi connectivity index (χ2n) is 5.05. The van der Waals surface area contributed by atoms with Gasteiger partial charge in [-0.25, -0.2) is 0 Å². The Bertz CT molecular complexity index is 392. The minimum atomic E-state index is -4.69. The number of halogens is 1. The number of fused-ring (bicyclic) bond motifs is 4. The second kappa shape index (κ2) is 7.64. The van der Waals surface area contributed by atoms with Gasteiger partial charge in [0, 0.05) is 19.5 Å². The van der Waals surface area contributed by atoms with E-state index in [1.165, 1.54) is 38.5 Å². The fourth-order valence-electron chi connectivity index (χ4n) is 2.62. The Labute approximate surface area is 133 Å². The van der Waals surface area contributed by atoms with E-state index in [2.05, 4.69) is 24.3 Å². The van der Waals surface area contributed by atoms with E-state index in [-0.39, 0.29) is 19.5 Å². The molecule has 0 aromatic rings. The first kappa shape index (κ1) is 17.8. The van der Waals surface area contributed by atoms with Crippen molar-refractivity contribution in [3.63, 3.8) is 0 Å². The molecule has 4 rings (SSSR count). The van der Waals surface area contributed by atoms with Crippen molar-refractivity contribution in [2.75, 3.05) is 0 Å². The zero-order valence-electron chi connectivity index (χ0n) is 10.9. The van der Waals surface area contributed by atoms with Gasteiger partial charge in [-0.15, -0.1) is 0 Å². The molecule has 2 fully saturated rings. The SMILES string of the molecule is C1=C2CCC(=C1)C2.C1=C2CCC(=C1)C2.[O-][Cl+3]([O-])([O-])O.[Rh]. The molecule has 0 aromatic carbocycles. The molecule has 4 aliphatic carbocycles. The van der Waals surface area contributed by atoms with Crippen LogP contribution in [0.15, 0.2) is 46.6 Å². The average Bonchev–Trinajstić information content (AvgIpc) is 3.10. The summed E-state index contributed by atoms with van der Waals surface area (Å²) in [6, 6.07) is 0. The molecule has 113 valence electrons. The molecule has 2 saturated carbocycles. The van der Waals surface area contributed by atoms with Gasteiger partial charge in [-0.1, -0.05) is 46.6 Å². The van der Waals surface area contributed by atoms with E-state index >= 15 is 0 Å². The van der Waals surface area contributed by atoms with Crippen LogP contribution in [0.25, 0.3) is 0 Å². The van der Waals surface area contributed by atoms with Gasteiger partial charge < -0.3 is 0 Å². The van der Waals surface area contributed by atoms with Crippen molar-refractivity contribution in [2.24, 2.45) is 0 Å². The van der Waals surface area contributed by atoms with E-state index in [0.717, 1.165) is 0 Å². The summed E-state index contributed by atoms with van der Waals surface area (Å²) in [6.07, 6.45) is 17.1. The molecular weight excluding hydrogens is 371 g/mol. The molecule has 0 saturated heterocycles. The molecule has 4 nitrogen and oxygen atoms in total. The quantitative estimate of drug-likeness (QED) is 0.590. The van der Waals surface area contributed by atoms with Crippen LogP contribution in [-0.4, -0.2) is 4.66 Å². The molecular formula is C14H17ClO4Rh. The largest absolute Gasteiger partial charge is 0.183 e. The monoisotopic (exact) mass is 387 g/mol. The molecule has 20 heavy (non-hydrogen) atoms. The third-order valence-electron chi connectivity index (χ3n) is 3.55. The van der Waals surface area contributed by atoms with Crippen LogP contribution >= 0.6 is 0 Å². The standard InChI is InChI=1S/2C7H8.ClHO4.Rh/c2*1-2-7-4-3-6(1)5-7;2-1(3,4)5;/h2*1-2H,3-5H2;(H,2,3,4,5);. The Kier molecular flexibility index (Phi) is 6.79. The average molecular weight is 388 g/mol. The normalized spacial score (nSPS) is 20.6. The summed E-state index contributed by atoms with van der Waals surface area (Å²) in [6.45, 7) is 0. The van der Waals surface area contributed by atoms with Gasteiger partial charge in [0.15, 0.2) is 0 Å². The summed E-state index contributed by atoms with van der Waals surface area (Å²) < 4.78 is 32.7. The topological polar surface area (TPSA) is 89.4 Å². The molecule has 1 radical (unpaired) electrons. The van der Waals surface area contributed by atoms with Crippen molar-refractivity contribution in [1.29, 1.82) is 0 Å². The van der Waals surface area contributed by atoms with Crippen molar-refractivity contribution in [3.05, 3.63) is 46.6 Å². The summed E-state index contributed by atoms with van der Waals surface area (Å²) in [5, 5.41) is 0. The van der Waals surface area contributed by atoms with Gasteiger partial charge in [0.2, 0.25) is 0 Å². The van der Waals surface area contributed by atoms with E-state index in [1.807, 2.05) is 0 Å². The van der Waals surface area contributed by atoms with Crippen LogP contribution in [0.2, 0.25) is 0 Å². The zero-order valence-corrected chi connectivity index (χ0v) is 13.3. The molecule has 0 unspecified atom stereocenters. The van der Waals surface area contributed by atoms with Crippen molar-refractivity contribution in [3.8, 4) is 0 Å². The van der Waals surface area contributed by atoms with Gasteiger partial charge in [0.25, 0.3) is 0 Å². The molecule has 0 heterocycles. The van der Waals surface area contributed by atoms with Crippen molar-refractivity contribution in [2.45, 2.75) is 38.5 Å². The summed E-state index contributed by atoms with van der Waals surface area (Å²) >= 11 is 0. The molecule has 0 aromatic heterocycles. The van der Waals surface area contributed by atoms with E-state index in [1.54, 1.807) is 22.3 Å². The van der Waals surface area contributed by atoms with Gasteiger partial charge >= 0.3 is 0 Å². The van der Waals surface area contributed by atoms with Crippen molar-refractivity contribution < 1.29 is 48.4 Å². The number of hydrogen-bond acceptors (Lipinski definition) is 4. The van der Waals surface area contributed by atoms with Gasteiger partial charge in [0.1, 0.15) is 0 Å². The van der Waals surface area contributed by atoms with E-state index < -0.39 is 10.2 Å². The van der Waals surface area contributed by atoms with E-state index in [0.29, 0.717) is 0 Å². The first-order valence-corrected chi connectivity index (χ1v) is 7.55. The third kappa shape index (κ3) is 6.44.